The highest BCUT2D eigenvalue weighted by Crippen LogP contribution is 2.21. The van der Waals surface area contributed by atoms with Gasteiger partial charge in [-0.15, -0.1) is 0 Å². The second-order valence-corrected chi connectivity index (χ2v) is 5.22. The Morgan fingerprint density at radius 3 is 2.50 bits per heavy atom. The van der Waals surface area contributed by atoms with Crippen molar-refractivity contribution in [3.63, 3.8) is 0 Å². The van der Waals surface area contributed by atoms with Crippen LogP contribution in [0, 0.1) is 0 Å². The van der Waals surface area contributed by atoms with Crippen LogP contribution >= 0.6 is 0 Å². The molecule has 0 spiro atoms. The highest BCUT2D eigenvalue weighted by Gasteiger charge is 2.43. The van der Waals surface area contributed by atoms with Crippen molar-refractivity contribution < 1.29 is 29.6 Å². The number of carbonyl (C=O) groups is 1. The van der Waals surface area contributed by atoms with Crippen molar-refractivity contribution in [1.82, 2.24) is 5.32 Å². The summed E-state index contributed by atoms with van der Waals surface area (Å²) in [5, 5.41) is 31.9. The van der Waals surface area contributed by atoms with Gasteiger partial charge in [0.05, 0.1) is 6.42 Å². The lowest BCUT2D eigenvalue weighted by molar-refractivity contribution is -0.288. The minimum absolute atomic E-state index is 0.0104. The topological polar surface area (TPSA) is 108 Å². The predicted octanol–water partition coefficient (Wildman–Crippen LogP) is -1.20. The molecule has 2 rings (SSSR count). The molecule has 7 heteroatoms. The Morgan fingerprint density at radius 2 is 1.86 bits per heavy atom. The summed E-state index contributed by atoms with van der Waals surface area (Å²) in [5.74, 6) is -0.225. The van der Waals surface area contributed by atoms with Crippen LogP contribution in [-0.2, 0) is 20.7 Å². The van der Waals surface area contributed by atoms with Gasteiger partial charge in [-0.3, -0.25) is 4.79 Å². The van der Waals surface area contributed by atoms with Crippen LogP contribution in [0.3, 0.4) is 0 Å². The smallest absolute Gasteiger partial charge is 0.224 e. The molecule has 22 heavy (non-hydrogen) atoms. The molecular weight excluding hydrogens is 290 g/mol. The molecule has 7 nitrogen and oxygen atoms in total. The van der Waals surface area contributed by atoms with Gasteiger partial charge in [0.15, 0.2) is 6.29 Å². The van der Waals surface area contributed by atoms with Crippen LogP contribution in [0.4, 0.5) is 0 Å². The van der Waals surface area contributed by atoms with Crippen molar-refractivity contribution >= 4 is 5.91 Å². The van der Waals surface area contributed by atoms with Gasteiger partial charge in [0.25, 0.3) is 0 Å². The second-order valence-electron chi connectivity index (χ2n) is 5.22. The normalized spacial score (nSPS) is 31.7. The number of benzene rings is 1. The molecule has 1 amide bonds. The minimum atomic E-state index is -1.39. The maximum atomic E-state index is 11.9. The van der Waals surface area contributed by atoms with E-state index in [4.69, 9.17) is 9.47 Å². The Bertz CT molecular complexity index is 480. The molecule has 1 saturated heterocycles. The lowest BCUT2D eigenvalue weighted by atomic mass is 9.99. The fraction of sp³-hybridized carbons (Fsp3) is 0.533. The molecule has 1 heterocycles. The maximum absolute atomic E-state index is 11.9. The molecule has 0 aromatic heterocycles. The van der Waals surface area contributed by atoms with E-state index in [0.29, 0.717) is 0 Å². The zero-order valence-corrected chi connectivity index (χ0v) is 12.3. The third-order valence-corrected chi connectivity index (χ3v) is 3.61. The Kier molecular flexibility index (Phi) is 5.87. The zero-order valence-electron chi connectivity index (χ0n) is 12.3. The molecule has 1 aromatic carbocycles. The number of amides is 1. The average molecular weight is 311 g/mol. The zero-order chi connectivity index (χ0) is 16.1. The van der Waals surface area contributed by atoms with Crippen LogP contribution in [0.1, 0.15) is 5.56 Å². The van der Waals surface area contributed by atoms with E-state index >= 15 is 0 Å². The van der Waals surface area contributed by atoms with Gasteiger partial charge in [-0.1, -0.05) is 30.3 Å². The summed E-state index contributed by atoms with van der Waals surface area (Å²) in [6, 6.07) is 9.24. The van der Waals surface area contributed by atoms with Gasteiger partial charge in [-0.25, -0.2) is 0 Å². The number of aliphatic hydroxyl groups excluding tert-OH is 3. The minimum Gasteiger partial charge on any atom is -0.388 e. The third-order valence-electron chi connectivity index (χ3n) is 3.61. The lowest BCUT2D eigenvalue weighted by Crippen LogP contribution is -2.60. The monoisotopic (exact) mass is 311 g/mol. The molecule has 0 radical (unpaired) electrons. The molecule has 0 saturated carbocycles. The molecule has 0 aliphatic carbocycles. The van der Waals surface area contributed by atoms with Crippen LogP contribution in [0.2, 0.25) is 0 Å². The van der Waals surface area contributed by atoms with Crippen molar-refractivity contribution in [2.45, 2.75) is 37.1 Å². The molecule has 2 unspecified atom stereocenters. The number of carbonyl (C=O) groups excluding carboxylic acids is 1. The molecule has 1 fully saturated rings. The third kappa shape index (κ3) is 4.02. The summed E-state index contributed by atoms with van der Waals surface area (Å²) in [6.07, 6.45) is -5.73. The van der Waals surface area contributed by atoms with Crippen molar-refractivity contribution in [2.24, 2.45) is 0 Å². The Morgan fingerprint density at radius 1 is 1.18 bits per heavy atom. The highest BCUT2D eigenvalue weighted by molar-refractivity contribution is 5.78. The summed E-state index contributed by atoms with van der Waals surface area (Å²) in [7, 11) is 1.32. The quantitative estimate of drug-likeness (QED) is 0.544. The fourth-order valence-corrected chi connectivity index (χ4v) is 2.34. The number of nitrogens with one attached hydrogen (secondary N) is 1. The molecule has 1 aliphatic rings. The van der Waals surface area contributed by atoms with Gasteiger partial charge in [0, 0.05) is 13.7 Å². The molecule has 122 valence electrons. The van der Waals surface area contributed by atoms with Crippen LogP contribution in [0.5, 0.6) is 0 Å². The van der Waals surface area contributed by atoms with Crippen LogP contribution < -0.4 is 5.32 Å². The molecule has 4 N–H and O–H groups in total. The number of rotatable bonds is 5. The number of hydrogen-bond donors (Lipinski definition) is 4. The number of aliphatic hydroxyl groups is 3. The van der Waals surface area contributed by atoms with Crippen molar-refractivity contribution in [3.05, 3.63) is 35.9 Å². The lowest BCUT2D eigenvalue weighted by Gasteiger charge is -2.39. The van der Waals surface area contributed by atoms with Crippen LogP contribution in [0.25, 0.3) is 0 Å². The van der Waals surface area contributed by atoms with Crippen molar-refractivity contribution in [1.29, 1.82) is 0 Å². The summed E-state index contributed by atoms with van der Waals surface area (Å²) < 4.78 is 10.2. The van der Waals surface area contributed by atoms with E-state index in [1.807, 2.05) is 30.3 Å². The first-order valence-corrected chi connectivity index (χ1v) is 7.06. The van der Waals surface area contributed by atoms with E-state index in [0.717, 1.165) is 5.56 Å². The Hall–Kier alpha value is -1.51. The average Bonchev–Trinajstić information content (AvgIpc) is 2.53. The molecule has 0 bridgehead atoms. The van der Waals surface area contributed by atoms with Crippen molar-refractivity contribution in [3.8, 4) is 0 Å². The van der Waals surface area contributed by atoms with Gasteiger partial charge in [-0.2, -0.15) is 0 Å². The van der Waals surface area contributed by atoms with Crippen LogP contribution in [0.15, 0.2) is 30.3 Å². The van der Waals surface area contributed by atoms with E-state index < -0.39 is 30.7 Å². The van der Waals surface area contributed by atoms with E-state index in [-0.39, 0.29) is 18.9 Å². The molecular formula is C15H21NO6. The van der Waals surface area contributed by atoms with Gasteiger partial charge in [0.2, 0.25) is 5.91 Å². The SMILES string of the molecule is COC1O[C@H](CNC(=O)Cc2ccccc2)[C@@H](O)C(O)[C@@H]1O. The van der Waals surface area contributed by atoms with Gasteiger partial charge >= 0.3 is 0 Å². The predicted molar refractivity (Wildman–Crippen MR) is 76.8 cm³/mol. The highest BCUT2D eigenvalue weighted by atomic mass is 16.7. The standard InChI is InChI=1S/C15H21NO6/c1-21-15-14(20)13(19)12(18)10(22-15)8-16-11(17)7-9-5-3-2-4-6-9/h2-6,10,12-15,18-20H,7-8H2,1H3,(H,16,17)/t10-,12-,13?,14+,15?/m1/s1. The molecule has 1 aromatic rings. The first kappa shape index (κ1) is 16.9. The van der Waals surface area contributed by atoms with Gasteiger partial charge in [0.1, 0.15) is 24.4 Å². The summed E-state index contributed by atoms with van der Waals surface area (Å²) >= 11 is 0. The van der Waals surface area contributed by atoms with E-state index in [2.05, 4.69) is 5.32 Å². The largest absolute Gasteiger partial charge is 0.388 e. The molecule has 1 aliphatic heterocycles. The number of ether oxygens (including phenoxy) is 2. The Labute approximate surface area is 128 Å². The summed E-state index contributed by atoms with van der Waals surface area (Å²) in [4.78, 5) is 11.9. The summed E-state index contributed by atoms with van der Waals surface area (Å²) in [6.45, 7) is 0.0104. The maximum Gasteiger partial charge on any atom is 0.224 e. The molecule has 5 atom stereocenters. The Balaban J connectivity index is 1.86. The second kappa shape index (κ2) is 7.66. The van der Waals surface area contributed by atoms with Crippen molar-refractivity contribution in [2.75, 3.05) is 13.7 Å². The summed E-state index contributed by atoms with van der Waals surface area (Å²) in [5.41, 5.74) is 0.871. The van der Waals surface area contributed by atoms with Gasteiger partial charge < -0.3 is 30.1 Å². The van der Waals surface area contributed by atoms with Crippen LogP contribution in [-0.4, -0.2) is 65.6 Å². The van der Waals surface area contributed by atoms with E-state index in [1.165, 1.54) is 7.11 Å². The van der Waals surface area contributed by atoms with E-state index in [1.54, 1.807) is 0 Å². The number of methoxy groups -OCH3 is 1. The first-order chi connectivity index (χ1) is 10.5. The van der Waals surface area contributed by atoms with Gasteiger partial charge in [-0.05, 0) is 5.56 Å². The van der Waals surface area contributed by atoms with E-state index in [9.17, 15) is 20.1 Å². The fourth-order valence-electron chi connectivity index (χ4n) is 2.34. The number of hydrogen-bond acceptors (Lipinski definition) is 6. The first-order valence-electron chi connectivity index (χ1n) is 7.06.